The number of nitrogens with one attached hydrogen (secondary N) is 1. The zero-order valence-electron chi connectivity index (χ0n) is 8.82. The van der Waals surface area contributed by atoms with Gasteiger partial charge < -0.3 is 15.3 Å². The summed E-state index contributed by atoms with van der Waals surface area (Å²) in [6, 6.07) is -0.162. The van der Waals surface area contributed by atoms with Crippen LogP contribution in [0, 0.1) is 11.3 Å². The lowest BCUT2D eigenvalue weighted by molar-refractivity contribution is -0.149. The molecule has 1 saturated carbocycles. The molecular formula is C10H16N2O3. The lowest BCUT2D eigenvalue weighted by Crippen LogP contribution is -2.40. The Hall–Kier alpha value is -1.26. The van der Waals surface area contributed by atoms with Gasteiger partial charge in [-0.15, -0.1) is 0 Å². The van der Waals surface area contributed by atoms with Crippen molar-refractivity contribution in [3.63, 3.8) is 0 Å². The monoisotopic (exact) mass is 212 g/mol. The maximum atomic E-state index is 11.4. The summed E-state index contributed by atoms with van der Waals surface area (Å²) in [5.41, 5.74) is -0.660. The van der Waals surface area contributed by atoms with Crippen LogP contribution in [-0.4, -0.2) is 42.1 Å². The minimum absolute atomic E-state index is 0.146. The van der Waals surface area contributed by atoms with Gasteiger partial charge in [0.05, 0.1) is 5.41 Å². The van der Waals surface area contributed by atoms with Crippen LogP contribution < -0.4 is 5.32 Å². The van der Waals surface area contributed by atoms with E-state index in [-0.39, 0.29) is 11.9 Å². The largest absolute Gasteiger partial charge is 0.481 e. The molecule has 1 saturated heterocycles. The van der Waals surface area contributed by atoms with Gasteiger partial charge in [-0.1, -0.05) is 6.42 Å². The van der Waals surface area contributed by atoms with E-state index in [1.807, 2.05) is 0 Å². The van der Waals surface area contributed by atoms with E-state index in [4.69, 9.17) is 0 Å². The molecule has 2 fully saturated rings. The number of rotatable bonds is 1. The quantitative estimate of drug-likeness (QED) is 0.665. The first-order valence-electron chi connectivity index (χ1n) is 5.30. The predicted molar refractivity (Wildman–Crippen MR) is 53.4 cm³/mol. The molecule has 15 heavy (non-hydrogen) atoms. The van der Waals surface area contributed by atoms with Gasteiger partial charge in [-0.2, -0.15) is 0 Å². The van der Waals surface area contributed by atoms with Gasteiger partial charge in [0.2, 0.25) is 0 Å². The number of hydrogen-bond acceptors (Lipinski definition) is 2. The van der Waals surface area contributed by atoms with Crippen LogP contribution >= 0.6 is 0 Å². The lowest BCUT2D eigenvalue weighted by atomic mass is 9.81. The van der Waals surface area contributed by atoms with Crippen molar-refractivity contribution >= 4 is 12.0 Å². The topological polar surface area (TPSA) is 69.6 Å². The maximum absolute atomic E-state index is 11.4. The van der Waals surface area contributed by atoms with E-state index >= 15 is 0 Å². The van der Waals surface area contributed by atoms with Crippen molar-refractivity contribution in [3.8, 4) is 0 Å². The van der Waals surface area contributed by atoms with E-state index in [0.29, 0.717) is 19.5 Å². The molecule has 2 atom stereocenters. The van der Waals surface area contributed by atoms with Gasteiger partial charge in [-0.3, -0.25) is 4.79 Å². The molecule has 1 heterocycles. The highest BCUT2D eigenvalue weighted by Crippen LogP contribution is 2.48. The van der Waals surface area contributed by atoms with Gasteiger partial charge in [0.15, 0.2) is 0 Å². The number of likely N-dealkylation sites (tertiary alicyclic amines) is 1. The van der Waals surface area contributed by atoms with Crippen molar-refractivity contribution in [3.05, 3.63) is 0 Å². The number of carboxylic acid groups (broad SMARTS) is 1. The first-order chi connectivity index (χ1) is 7.10. The normalized spacial score (nSPS) is 33.9. The Morgan fingerprint density at radius 2 is 2.27 bits per heavy atom. The average Bonchev–Trinajstić information content (AvgIpc) is 2.72. The average molecular weight is 212 g/mol. The van der Waals surface area contributed by atoms with Crippen molar-refractivity contribution in [2.45, 2.75) is 19.3 Å². The molecule has 0 radical (unpaired) electrons. The third kappa shape index (κ3) is 1.37. The van der Waals surface area contributed by atoms with E-state index in [0.717, 1.165) is 12.8 Å². The van der Waals surface area contributed by atoms with Crippen molar-refractivity contribution in [1.82, 2.24) is 10.2 Å². The maximum Gasteiger partial charge on any atom is 0.317 e. The summed E-state index contributed by atoms with van der Waals surface area (Å²) < 4.78 is 0. The van der Waals surface area contributed by atoms with E-state index in [1.54, 1.807) is 11.9 Å². The molecule has 2 N–H and O–H groups in total. The van der Waals surface area contributed by atoms with Crippen molar-refractivity contribution in [1.29, 1.82) is 0 Å². The van der Waals surface area contributed by atoms with Crippen LogP contribution in [0.2, 0.25) is 0 Å². The van der Waals surface area contributed by atoms with Gasteiger partial charge >= 0.3 is 12.0 Å². The molecule has 5 nitrogen and oxygen atoms in total. The van der Waals surface area contributed by atoms with E-state index < -0.39 is 11.4 Å². The Bertz CT molecular complexity index is 305. The van der Waals surface area contributed by atoms with Gasteiger partial charge in [0.1, 0.15) is 0 Å². The molecule has 5 heteroatoms. The molecule has 0 unspecified atom stereocenters. The van der Waals surface area contributed by atoms with E-state index in [1.165, 1.54) is 0 Å². The molecule has 1 aliphatic heterocycles. The van der Waals surface area contributed by atoms with E-state index in [2.05, 4.69) is 5.32 Å². The third-order valence-electron chi connectivity index (χ3n) is 3.80. The van der Waals surface area contributed by atoms with Crippen LogP contribution in [0.4, 0.5) is 4.79 Å². The molecule has 0 bridgehead atoms. The predicted octanol–water partition coefficient (Wildman–Crippen LogP) is 0.513. The molecule has 0 spiro atoms. The summed E-state index contributed by atoms with van der Waals surface area (Å²) in [4.78, 5) is 24.4. The summed E-state index contributed by atoms with van der Waals surface area (Å²) >= 11 is 0. The first kappa shape index (κ1) is 10.3. The fourth-order valence-corrected chi connectivity index (χ4v) is 2.95. The van der Waals surface area contributed by atoms with Gasteiger partial charge in [0, 0.05) is 20.1 Å². The highest BCUT2D eigenvalue weighted by molar-refractivity contribution is 5.80. The number of nitrogens with zero attached hydrogens (tertiary/aromatic N) is 1. The van der Waals surface area contributed by atoms with Crippen LogP contribution in [0.3, 0.4) is 0 Å². The SMILES string of the molecule is CNC(=O)N1C[C@@H]2CCC[C@@]2(C(=O)O)C1. The molecule has 0 aromatic carbocycles. The molecule has 2 amide bonds. The van der Waals surface area contributed by atoms with Crippen LogP contribution in [0.5, 0.6) is 0 Å². The number of urea groups is 1. The summed E-state index contributed by atoms with van der Waals surface area (Å²) in [5.74, 6) is -0.594. The molecule has 84 valence electrons. The first-order valence-corrected chi connectivity index (χ1v) is 5.30. The van der Waals surface area contributed by atoms with Crippen molar-refractivity contribution in [2.75, 3.05) is 20.1 Å². The van der Waals surface area contributed by atoms with Gasteiger partial charge in [0.25, 0.3) is 0 Å². The second kappa shape index (κ2) is 3.40. The highest BCUT2D eigenvalue weighted by Gasteiger charge is 2.55. The number of carboxylic acids is 1. The fourth-order valence-electron chi connectivity index (χ4n) is 2.95. The summed E-state index contributed by atoms with van der Waals surface area (Å²) in [7, 11) is 1.57. The van der Waals surface area contributed by atoms with Crippen LogP contribution in [0.15, 0.2) is 0 Å². The second-order valence-corrected chi connectivity index (χ2v) is 4.49. The Balaban J connectivity index is 2.18. The number of carbonyl (C=O) groups is 2. The summed E-state index contributed by atoms with van der Waals surface area (Å²) in [5, 5.41) is 11.8. The van der Waals surface area contributed by atoms with Crippen LogP contribution in [-0.2, 0) is 4.79 Å². The smallest absolute Gasteiger partial charge is 0.317 e. The number of aliphatic carboxylic acids is 1. The highest BCUT2D eigenvalue weighted by atomic mass is 16.4. The second-order valence-electron chi connectivity index (χ2n) is 4.49. The molecular weight excluding hydrogens is 196 g/mol. The third-order valence-corrected chi connectivity index (χ3v) is 3.80. The Kier molecular flexibility index (Phi) is 2.32. The van der Waals surface area contributed by atoms with Crippen LogP contribution in [0.25, 0.3) is 0 Å². The number of fused-ring (bicyclic) bond motifs is 1. The Morgan fingerprint density at radius 1 is 1.53 bits per heavy atom. The number of hydrogen-bond donors (Lipinski definition) is 2. The molecule has 0 aromatic heterocycles. The summed E-state index contributed by atoms with van der Waals surface area (Å²) in [6.07, 6.45) is 2.61. The zero-order chi connectivity index (χ0) is 11.1. The minimum Gasteiger partial charge on any atom is -0.481 e. The standard InChI is InChI=1S/C10H16N2O3/c1-11-9(15)12-5-7-3-2-4-10(7,6-12)8(13)14/h7H,2-6H2,1H3,(H,11,15)(H,13,14)/t7-,10+/m0/s1. The molecule has 1 aliphatic carbocycles. The molecule has 0 aromatic rings. The Morgan fingerprint density at radius 3 is 2.80 bits per heavy atom. The molecule has 2 rings (SSSR count). The van der Waals surface area contributed by atoms with Crippen LogP contribution in [0.1, 0.15) is 19.3 Å². The van der Waals surface area contributed by atoms with Gasteiger partial charge in [-0.05, 0) is 18.8 Å². The molecule has 2 aliphatic rings. The minimum atomic E-state index is -0.739. The number of carbonyl (C=O) groups excluding carboxylic acids is 1. The lowest BCUT2D eigenvalue weighted by Gasteiger charge is -2.23. The van der Waals surface area contributed by atoms with E-state index in [9.17, 15) is 14.7 Å². The number of amides is 2. The Labute approximate surface area is 88.4 Å². The van der Waals surface area contributed by atoms with Gasteiger partial charge in [-0.25, -0.2) is 4.79 Å². The van der Waals surface area contributed by atoms with Crippen molar-refractivity contribution < 1.29 is 14.7 Å². The zero-order valence-corrected chi connectivity index (χ0v) is 8.82. The van der Waals surface area contributed by atoms with Crippen molar-refractivity contribution in [2.24, 2.45) is 11.3 Å². The summed E-state index contributed by atoms with van der Waals surface area (Å²) in [6.45, 7) is 0.957. The fraction of sp³-hybridized carbons (Fsp3) is 0.800.